The molecule has 0 aliphatic heterocycles. The largest absolute Gasteiger partial charge is 0.489 e. The maximum absolute atomic E-state index is 12.1. The molecule has 0 heterocycles. The van der Waals surface area contributed by atoms with E-state index in [-0.39, 0.29) is 5.91 Å². The third-order valence-corrected chi connectivity index (χ3v) is 4.22. The van der Waals surface area contributed by atoms with Crippen LogP contribution in [0.3, 0.4) is 0 Å². The van der Waals surface area contributed by atoms with Gasteiger partial charge in [0.15, 0.2) is 6.10 Å². The van der Waals surface area contributed by atoms with E-state index < -0.39 is 6.10 Å². The molecule has 0 spiro atoms. The second-order valence-electron chi connectivity index (χ2n) is 6.65. The SMILES string of the molecule is Cc1ccc(C=NNC(=O)C(C)Oc2ccc(OCc3ccccc3)cc2)cc1. The van der Waals surface area contributed by atoms with Gasteiger partial charge in [0.1, 0.15) is 18.1 Å². The van der Waals surface area contributed by atoms with Gasteiger partial charge in [0.2, 0.25) is 0 Å². The number of ether oxygens (including phenoxy) is 2. The molecule has 5 nitrogen and oxygen atoms in total. The lowest BCUT2D eigenvalue weighted by molar-refractivity contribution is -0.127. The molecule has 5 heteroatoms. The Hall–Kier alpha value is -3.60. The number of nitrogens with one attached hydrogen (secondary N) is 1. The van der Waals surface area contributed by atoms with Gasteiger partial charge in [0.05, 0.1) is 6.21 Å². The molecule has 0 aliphatic rings. The van der Waals surface area contributed by atoms with Crippen LogP contribution in [0.1, 0.15) is 23.6 Å². The van der Waals surface area contributed by atoms with Gasteiger partial charge in [0.25, 0.3) is 5.91 Å². The summed E-state index contributed by atoms with van der Waals surface area (Å²) >= 11 is 0. The molecule has 1 amide bonds. The maximum Gasteiger partial charge on any atom is 0.280 e. The van der Waals surface area contributed by atoms with Crippen LogP contribution in [0.2, 0.25) is 0 Å². The van der Waals surface area contributed by atoms with Gasteiger partial charge in [-0.1, -0.05) is 60.2 Å². The average molecular weight is 388 g/mol. The molecule has 1 unspecified atom stereocenters. The molecule has 148 valence electrons. The molecule has 1 atom stereocenters. The van der Waals surface area contributed by atoms with Crippen LogP contribution < -0.4 is 14.9 Å². The zero-order chi connectivity index (χ0) is 20.5. The first-order chi connectivity index (χ1) is 14.1. The summed E-state index contributed by atoms with van der Waals surface area (Å²) in [5, 5.41) is 3.98. The van der Waals surface area contributed by atoms with Crippen molar-refractivity contribution in [1.29, 1.82) is 0 Å². The Morgan fingerprint density at radius 1 is 0.966 bits per heavy atom. The van der Waals surface area contributed by atoms with Gasteiger partial charge >= 0.3 is 0 Å². The molecule has 0 bridgehead atoms. The molecule has 0 fully saturated rings. The third kappa shape index (κ3) is 6.50. The van der Waals surface area contributed by atoms with Crippen molar-refractivity contribution in [2.45, 2.75) is 26.6 Å². The fraction of sp³-hybridized carbons (Fsp3) is 0.167. The van der Waals surface area contributed by atoms with E-state index in [9.17, 15) is 4.79 Å². The van der Waals surface area contributed by atoms with E-state index in [0.29, 0.717) is 12.4 Å². The molecule has 0 aliphatic carbocycles. The molecular formula is C24H24N2O3. The van der Waals surface area contributed by atoms with Gasteiger partial charge in [-0.2, -0.15) is 5.10 Å². The van der Waals surface area contributed by atoms with Crippen molar-refractivity contribution >= 4 is 12.1 Å². The van der Waals surface area contributed by atoms with E-state index in [1.54, 1.807) is 25.3 Å². The Morgan fingerprint density at radius 2 is 1.62 bits per heavy atom. The van der Waals surface area contributed by atoms with Gasteiger partial charge in [-0.3, -0.25) is 4.79 Å². The molecule has 29 heavy (non-hydrogen) atoms. The summed E-state index contributed by atoms with van der Waals surface area (Å²) in [6, 6.07) is 25.0. The second-order valence-corrected chi connectivity index (χ2v) is 6.65. The van der Waals surface area contributed by atoms with Crippen LogP contribution in [0.4, 0.5) is 0 Å². The number of rotatable bonds is 8. The smallest absolute Gasteiger partial charge is 0.280 e. The highest BCUT2D eigenvalue weighted by atomic mass is 16.5. The summed E-state index contributed by atoms with van der Waals surface area (Å²) in [7, 11) is 0. The lowest BCUT2D eigenvalue weighted by Crippen LogP contribution is -2.33. The topological polar surface area (TPSA) is 59.9 Å². The summed E-state index contributed by atoms with van der Waals surface area (Å²) in [5.41, 5.74) is 5.68. The predicted molar refractivity (Wildman–Crippen MR) is 114 cm³/mol. The number of hydrazone groups is 1. The minimum atomic E-state index is -0.679. The van der Waals surface area contributed by atoms with Crippen molar-refractivity contribution in [3.8, 4) is 11.5 Å². The van der Waals surface area contributed by atoms with Gasteiger partial charge in [-0.15, -0.1) is 0 Å². The van der Waals surface area contributed by atoms with Crippen LogP contribution in [-0.2, 0) is 11.4 Å². The normalized spacial score (nSPS) is 11.8. The number of carbonyl (C=O) groups excluding carboxylic acids is 1. The number of hydrogen-bond acceptors (Lipinski definition) is 4. The highest BCUT2D eigenvalue weighted by Gasteiger charge is 2.13. The monoisotopic (exact) mass is 388 g/mol. The third-order valence-electron chi connectivity index (χ3n) is 4.22. The Labute approximate surface area is 171 Å². The molecule has 0 saturated carbocycles. The molecule has 1 N–H and O–H groups in total. The van der Waals surface area contributed by atoms with Gasteiger partial charge < -0.3 is 9.47 Å². The van der Waals surface area contributed by atoms with Gasteiger partial charge in [-0.25, -0.2) is 5.43 Å². The highest BCUT2D eigenvalue weighted by Crippen LogP contribution is 2.19. The molecule has 3 aromatic carbocycles. The van der Waals surface area contributed by atoms with Crippen LogP contribution in [0.5, 0.6) is 11.5 Å². The van der Waals surface area contributed by atoms with E-state index in [2.05, 4.69) is 10.5 Å². The summed E-state index contributed by atoms with van der Waals surface area (Å²) in [5.74, 6) is 1.00. The van der Waals surface area contributed by atoms with E-state index in [1.807, 2.05) is 73.7 Å². The molecular weight excluding hydrogens is 364 g/mol. The van der Waals surface area contributed by atoms with Crippen LogP contribution in [0.25, 0.3) is 0 Å². The Bertz CT molecular complexity index is 936. The van der Waals surface area contributed by atoms with E-state index in [4.69, 9.17) is 9.47 Å². The summed E-state index contributed by atoms with van der Waals surface area (Å²) < 4.78 is 11.4. The first kappa shape index (κ1) is 20.1. The highest BCUT2D eigenvalue weighted by molar-refractivity contribution is 5.84. The molecule has 3 rings (SSSR count). The minimum absolute atomic E-state index is 0.322. The zero-order valence-corrected chi connectivity index (χ0v) is 16.5. The van der Waals surface area contributed by atoms with E-state index in [1.165, 1.54) is 5.56 Å². The summed E-state index contributed by atoms with van der Waals surface area (Å²) in [6.07, 6.45) is 0.921. The van der Waals surface area contributed by atoms with Crippen LogP contribution in [0.15, 0.2) is 84.0 Å². The number of amides is 1. The summed E-state index contributed by atoms with van der Waals surface area (Å²) in [4.78, 5) is 12.1. The van der Waals surface area contributed by atoms with Crippen molar-refractivity contribution in [2.24, 2.45) is 5.10 Å². The molecule has 0 radical (unpaired) electrons. The van der Waals surface area contributed by atoms with Crippen LogP contribution >= 0.6 is 0 Å². The Morgan fingerprint density at radius 3 is 2.31 bits per heavy atom. The summed E-state index contributed by atoms with van der Waals surface area (Å²) in [6.45, 7) is 4.19. The van der Waals surface area contributed by atoms with E-state index >= 15 is 0 Å². The quantitative estimate of drug-likeness (QED) is 0.457. The Balaban J connectivity index is 1.46. The fourth-order valence-electron chi connectivity index (χ4n) is 2.53. The van der Waals surface area contributed by atoms with E-state index in [0.717, 1.165) is 16.9 Å². The first-order valence-corrected chi connectivity index (χ1v) is 9.43. The van der Waals surface area contributed by atoms with Crippen molar-refractivity contribution in [3.05, 3.63) is 95.6 Å². The predicted octanol–water partition coefficient (Wildman–Crippen LogP) is 4.49. The Kier molecular flexibility index (Phi) is 7.00. The number of carbonyl (C=O) groups is 1. The number of aryl methyl sites for hydroxylation is 1. The standard InChI is InChI=1S/C24H24N2O3/c1-18-8-10-20(11-9-18)16-25-26-24(27)19(2)29-23-14-12-22(13-15-23)28-17-21-6-4-3-5-7-21/h3-16,19H,17H2,1-2H3,(H,26,27). The van der Waals surface area contributed by atoms with Crippen molar-refractivity contribution in [1.82, 2.24) is 5.43 Å². The van der Waals surface area contributed by atoms with Crippen molar-refractivity contribution < 1.29 is 14.3 Å². The van der Waals surface area contributed by atoms with Crippen LogP contribution in [0, 0.1) is 6.92 Å². The van der Waals surface area contributed by atoms with Gasteiger partial charge in [0, 0.05) is 0 Å². The van der Waals surface area contributed by atoms with Gasteiger partial charge in [-0.05, 0) is 49.2 Å². The second kappa shape index (κ2) is 10.1. The van der Waals surface area contributed by atoms with Crippen LogP contribution in [-0.4, -0.2) is 18.2 Å². The molecule has 0 saturated heterocycles. The fourth-order valence-corrected chi connectivity index (χ4v) is 2.53. The number of hydrogen-bond donors (Lipinski definition) is 1. The van der Waals surface area contributed by atoms with Crippen molar-refractivity contribution in [2.75, 3.05) is 0 Å². The molecule has 3 aromatic rings. The lowest BCUT2D eigenvalue weighted by atomic mass is 10.2. The number of nitrogens with zero attached hydrogens (tertiary/aromatic N) is 1. The number of benzene rings is 3. The zero-order valence-electron chi connectivity index (χ0n) is 16.5. The molecule has 0 aromatic heterocycles. The lowest BCUT2D eigenvalue weighted by Gasteiger charge is -2.13. The first-order valence-electron chi connectivity index (χ1n) is 9.43. The minimum Gasteiger partial charge on any atom is -0.489 e. The average Bonchev–Trinajstić information content (AvgIpc) is 2.75. The maximum atomic E-state index is 12.1. The van der Waals surface area contributed by atoms with Crippen molar-refractivity contribution in [3.63, 3.8) is 0 Å².